The van der Waals surface area contributed by atoms with Crippen molar-refractivity contribution in [3.05, 3.63) is 409 Å². The first-order chi connectivity index (χ1) is 54.5. The van der Waals surface area contributed by atoms with Gasteiger partial charge < -0.3 is 18.3 Å². The summed E-state index contributed by atoms with van der Waals surface area (Å²) in [6, 6.07) is 133. The highest BCUT2D eigenvalue weighted by Gasteiger charge is 2.38. The highest BCUT2D eigenvalue weighted by atomic mass is 15.1. The molecule has 110 heavy (non-hydrogen) atoms. The zero-order valence-electron chi connectivity index (χ0n) is 60.0. The van der Waals surface area contributed by atoms with Gasteiger partial charge >= 0.3 is 0 Å². The number of aromatic nitrogens is 4. The fourth-order valence-corrected chi connectivity index (χ4v) is 18.0. The number of nitriles is 2. The summed E-state index contributed by atoms with van der Waals surface area (Å²) in [6.07, 6.45) is 10.7. The van der Waals surface area contributed by atoms with Gasteiger partial charge in [0.25, 0.3) is 0 Å². The zero-order chi connectivity index (χ0) is 72.9. The number of hydrogen-bond acceptors (Lipinski definition) is 2. The van der Waals surface area contributed by atoms with Gasteiger partial charge in [0.2, 0.25) is 0 Å². The Bertz CT molecular complexity index is 6430. The fraction of sp³-hybridized carbons (Fsp3) is 0.0385. The second kappa shape index (κ2) is 26.2. The molecule has 19 aromatic rings. The molecule has 6 nitrogen and oxygen atoms in total. The Balaban J connectivity index is 0.984. The predicted octanol–water partition coefficient (Wildman–Crippen LogP) is 26.2. The van der Waals surface area contributed by atoms with E-state index in [-0.39, 0.29) is 11.8 Å². The molecule has 2 atom stereocenters. The molecule has 21 rings (SSSR count). The van der Waals surface area contributed by atoms with Crippen LogP contribution in [0.3, 0.4) is 0 Å². The lowest BCUT2D eigenvalue weighted by Crippen LogP contribution is -2.18. The van der Waals surface area contributed by atoms with Gasteiger partial charge in [-0.3, -0.25) is 0 Å². The van der Waals surface area contributed by atoms with Crippen LogP contribution in [0.2, 0.25) is 0 Å². The van der Waals surface area contributed by atoms with Gasteiger partial charge in [-0.05, 0) is 187 Å². The second-order valence-electron chi connectivity index (χ2n) is 29.2. The third-order valence-electron chi connectivity index (χ3n) is 23.2. The van der Waals surface area contributed by atoms with Crippen LogP contribution in [-0.2, 0) is 12.8 Å². The normalized spacial score (nSPS) is 13.8. The maximum absolute atomic E-state index is 13.7. The Morgan fingerprint density at radius 3 is 0.691 bits per heavy atom. The van der Waals surface area contributed by atoms with Gasteiger partial charge in [-0.1, -0.05) is 291 Å². The van der Waals surface area contributed by atoms with Gasteiger partial charge in [0.15, 0.2) is 0 Å². The molecule has 0 saturated carbocycles. The number of benzene rings is 15. The molecular weight excluding hydrogens is 1330 g/mol. The van der Waals surface area contributed by atoms with E-state index in [9.17, 15) is 10.5 Å². The summed E-state index contributed by atoms with van der Waals surface area (Å²) in [5.74, 6) is 0.0960. The van der Waals surface area contributed by atoms with E-state index < -0.39 is 0 Å². The number of rotatable bonds is 12. The third kappa shape index (κ3) is 10.4. The van der Waals surface area contributed by atoms with E-state index in [1.54, 1.807) is 0 Å². The quantitative estimate of drug-likeness (QED) is 0.122. The van der Waals surface area contributed by atoms with Gasteiger partial charge in [-0.25, -0.2) is 0 Å². The summed E-state index contributed by atoms with van der Waals surface area (Å²) in [6.45, 7) is 0. The lowest BCUT2D eigenvalue weighted by molar-refractivity contribution is 0.821. The first kappa shape index (κ1) is 63.9. The van der Waals surface area contributed by atoms with Crippen molar-refractivity contribution in [3.63, 3.8) is 0 Å². The molecule has 0 aliphatic heterocycles. The molecule has 0 bridgehead atoms. The van der Waals surface area contributed by atoms with Gasteiger partial charge in [0.1, 0.15) is 23.3 Å². The number of nitrogens with zero attached hydrogens (tertiary/aromatic N) is 6. The molecule has 514 valence electrons. The van der Waals surface area contributed by atoms with E-state index in [2.05, 4.69) is 407 Å². The Hall–Kier alpha value is -14.6. The molecule has 0 fully saturated rings. The highest BCUT2D eigenvalue weighted by Crippen LogP contribution is 2.52. The average Bonchev–Trinajstić information content (AvgIpc) is 1.48. The summed E-state index contributed by atoms with van der Waals surface area (Å²) in [4.78, 5) is 0. The minimum Gasteiger partial charge on any atom is -0.306 e. The Morgan fingerprint density at radius 2 is 0.445 bits per heavy atom. The van der Waals surface area contributed by atoms with Crippen molar-refractivity contribution < 1.29 is 0 Å². The molecule has 0 spiro atoms. The van der Waals surface area contributed by atoms with E-state index >= 15 is 0 Å². The van der Waals surface area contributed by atoms with Gasteiger partial charge in [-0.2, -0.15) is 10.5 Å². The molecule has 0 amide bonds. The van der Waals surface area contributed by atoms with E-state index in [1.165, 1.54) is 11.1 Å². The lowest BCUT2D eigenvalue weighted by atomic mass is 9.86. The fourth-order valence-electron chi connectivity index (χ4n) is 18.0. The van der Waals surface area contributed by atoms with Crippen LogP contribution >= 0.6 is 0 Å². The van der Waals surface area contributed by atoms with Crippen molar-refractivity contribution in [2.24, 2.45) is 0 Å². The Kier molecular flexibility index (Phi) is 15.2. The lowest BCUT2D eigenvalue weighted by Gasteiger charge is -2.28. The van der Waals surface area contributed by atoms with Crippen LogP contribution in [0.4, 0.5) is 0 Å². The van der Waals surface area contributed by atoms with Crippen molar-refractivity contribution >= 4 is 77.6 Å². The molecule has 0 saturated heterocycles. The number of fused-ring (bicyclic) bond motifs is 12. The molecule has 6 heteroatoms. The zero-order valence-corrected chi connectivity index (χ0v) is 60.0. The first-order valence-electron chi connectivity index (χ1n) is 37.9. The Labute approximate surface area is 637 Å². The molecule has 2 aliphatic carbocycles. The topological polar surface area (TPSA) is 67.3 Å². The van der Waals surface area contributed by atoms with Crippen LogP contribution in [0.25, 0.3) is 167 Å². The monoisotopic (exact) mass is 1400 g/mol. The van der Waals surface area contributed by atoms with Gasteiger partial charge in [0, 0.05) is 55.5 Å². The van der Waals surface area contributed by atoms with Crippen molar-refractivity contribution in [1.29, 1.82) is 10.5 Å². The minimum atomic E-state index is 0.0480. The average molecular weight is 1400 g/mol. The standard InChI is InChI=1S/C104H68N6/c105-65-91-101(107-93-49-41-75(67-25-9-1-10-26-67)57-83(93)84-58-76(42-50-94(84)107)68-27-11-2-12-28-68)102(108-95-51-43-77(69-29-13-3-14-30-69)59-85(95)86-60-78(44-52-96(86)108)70-31-15-4-16-32-70)92(66-106)104(110-99-55-47-81(73-37-21-7-22-38-73)63-89(99)90-64-82(48-56-100(90)110)74-39-23-8-24-40-74)103(91)109-97-53-45-79(71-33-17-5-18-34-71)61-87(97)88-62-80(46-54-98(88)109)72-35-19-6-20-36-72/h1-61,63,80,82H,62,64H2. The SMILES string of the molecule is N#Cc1c(-n2c3c(c4cc(-c5ccccc5)ccc42)CC(c2ccccc2)C=C3)c(-n2c3c(c4cc(-c5ccccc5)ccc42)CC(c2ccccc2)C=C3)c(C#N)c(-n2c3ccc(-c4ccccc4)cc3c3cc(-c4ccccc4)ccc32)c1-n1c2ccc(-c3ccccc3)cc2c2cc(-c3ccccc3)ccc21. The van der Waals surface area contributed by atoms with Crippen LogP contribution in [0.15, 0.2) is 364 Å². The minimum absolute atomic E-state index is 0.0480. The van der Waals surface area contributed by atoms with E-state index in [1.807, 2.05) is 0 Å². The molecule has 0 N–H and O–H groups in total. The third-order valence-corrected chi connectivity index (χ3v) is 23.2. The van der Waals surface area contributed by atoms with Gasteiger partial charge in [0.05, 0.1) is 55.8 Å². The smallest absolute Gasteiger partial charge is 0.104 e. The van der Waals surface area contributed by atoms with Crippen molar-refractivity contribution in [3.8, 4) is 102 Å². The van der Waals surface area contributed by atoms with E-state index in [0.717, 1.165) is 155 Å². The number of allylic oxidation sites excluding steroid dienone is 2. The summed E-state index contributed by atoms with van der Waals surface area (Å²) in [5, 5.41) is 33.6. The summed E-state index contributed by atoms with van der Waals surface area (Å²) in [7, 11) is 0. The van der Waals surface area contributed by atoms with Crippen LogP contribution < -0.4 is 0 Å². The summed E-state index contributed by atoms with van der Waals surface area (Å²) >= 11 is 0. The molecule has 4 heterocycles. The van der Waals surface area contributed by atoms with Crippen LogP contribution in [0.5, 0.6) is 0 Å². The summed E-state index contributed by atoms with van der Waals surface area (Å²) < 4.78 is 9.45. The molecular formula is C104H68N6. The van der Waals surface area contributed by atoms with E-state index in [0.29, 0.717) is 46.7 Å². The van der Waals surface area contributed by atoms with Crippen LogP contribution in [0, 0.1) is 22.7 Å². The molecule has 2 unspecified atom stereocenters. The summed E-state index contributed by atoms with van der Waals surface area (Å²) in [5.41, 5.74) is 28.2. The number of hydrogen-bond donors (Lipinski definition) is 0. The van der Waals surface area contributed by atoms with Crippen molar-refractivity contribution in [1.82, 2.24) is 18.3 Å². The molecule has 0 radical (unpaired) electrons. The largest absolute Gasteiger partial charge is 0.306 e. The highest BCUT2D eigenvalue weighted by molar-refractivity contribution is 6.16. The van der Waals surface area contributed by atoms with Crippen molar-refractivity contribution in [2.75, 3.05) is 0 Å². The molecule has 15 aromatic carbocycles. The first-order valence-corrected chi connectivity index (χ1v) is 37.9. The maximum Gasteiger partial charge on any atom is 0.104 e. The molecule has 2 aliphatic rings. The van der Waals surface area contributed by atoms with E-state index in [4.69, 9.17) is 0 Å². The van der Waals surface area contributed by atoms with Gasteiger partial charge in [-0.15, -0.1) is 0 Å². The molecule has 4 aromatic heterocycles. The Morgan fingerprint density at radius 1 is 0.227 bits per heavy atom. The van der Waals surface area contributed by atoms with Crippen molar-refractivity contribution in [2.45, 2.75) is 24.7 Å². The van der Waals surface area contributed by atoms with Crippen LogP contribution in [-0.4, -0.2) is 18.3 Å². The second-order valence-corrected chi connectivity index (χ2v) is 29.2. The van der Waals surface area contributed by atoms with Crippen LogP contribution in [0.1, 0.15) is 56.6 Å². The maximum atomic E-state index is 13.7. The predicted molar refractivity (Wildman–Crippen MR) is 455 cm³/mol.